The lowest BCUT2D eigenvalue weighted by atomic mass is 10.1. The Hall–Kier alpha value is -1.63. The van der Waals surface area contributed by atoms with Gasteiger partial charge in [0.1, 0.15) is 10.8 Å². The molecular formula is C20H26N4OS. The van der Waals surface area contributed by atoms with E-state index in [1.54, 1.807) is 11.8 Å². The lowest BCUT2D eigenvalue weighted by Crippen LogP contribution is -2.48. The third kappa shape index (κ3) is 4.75. The number of hydrogen-bond acceptors (Lipinski definition) is 6. The Morgan fingerprint density at radius 1 is 1.08 bits per heavy atom. The molecule has 2 aliphatic heterocycles. The molecule has 0 amide bonds. The fourth-order valence-corrected chi connectivity index (χ4v) is 4.34. The SMILES string of the molecule is c1ccc(CSc2cncc(N3CCN(CC4CCOC4)CC3)n2)cc1. The Bertz CT molecular complexity index is 685. The Balaban J connectivity index is 1.29. The molecule has 2 fully saturated rings. The minimum Gasteiger partial charge on any atom is -0.381 e. The van der Waals surface area contributed by atoms with Crippen molar-refractivity contribution in [2.75, 3.05) is 50.8 Å². The fourth-order valence-electron chi connectivity index (χ4n) is 3.54. The Labute approximate surface area is 159 Å². The van der Waals surface area contributed by atoms with Gasteiger partial charge < -0.3 is 9.64 Å². The number of rotatable bonds is 6. The van der Waals surface area contributed by atoms with Crippen LogP contribution in [0, 0.1) is 5.92 Å². The number of nitrogens with zero attached hydrogens (tertiary/aromatic N) is 4. The first kappa shape index (κ1) is 17.8. The number of aromatic nitrogens is 2. The molecule has 0 saturated carbocycles. The quantitative estimate of drug-likeness (QED) is 0.729. The molecule has 1 unspecified atom stereocenters. The van der Waals surface area contributed by atoms with E-state index >= 15 is 0 Å². The first-order valence-electron chi connectivity index (χ1n) is 9.40. The van der Waals surface area contributed by atoms with Gasteiger partial charge in [-0.25, -0.2) is 4.98 Å². The molecule has 6 heteroatoms. The molecule has 0 radical (unpaired) electrons. The molecule has 0 N–H and O–H groups in total. The van der Waals surface area contributed by atoms with Crippen molar-refractivity contribution in [3.63, 3.8) is 0 Å². The maximum atomic E-state index is 5.50. The van der Waals surface area contributed by atoms with Gasteiger partial charge in [-0.2, -0.15) is 0 Å². The minimum absolute atomic E-state index is 0.721. The number of piperazine rings is 1. The van der Waals surface area contributed by atoms with Gasteiger partial charge in [-0.15, -0.1) is 11.8 Å². The van der Waals surface area contributed by atoms with Crippen LogP contribution in [0.15, 0.2) is 47.8 Å². The van der Waals surface area contributed by atoms with E-state index < -0.39 is 0 Å². The second-order valence-electron chi connectivity index (χ2n) is 7.01. The molecule has 1 atom stereocenters. The van der Waals surface area contributed by atoms with Gasteiger partial charge in [-0.05, 0) is 17.9 Å². The van der Waals surface area contributed by atoms with Crippen LogP contribution < -0.4 is 4.90 Å². The topological polar surface area (TPSA) is 41.5 Å². The van der Waals surface area contributed by atoms with Crippen molar-refractivity contribution in [3.8, 4) is 0 Å². The van der Waals surface area contributed by atoms with Gasteiger partial charge >= 0.3 is 0 Å². The molecule has 4 rings (SSSR count). The maximum absolute atomic E-state index is 5.50. The number of thioether (sulfide) groups is 1. The lowest BCUT2D eigenvalue weighted by Gasteiger charge is -2.36. The van der Waals surface area contributed by atoms with E-state index in [9.17, 15) is 0 Å². The summed E-state index contributed by atoms with van der Waals surface area (Å²) in [6, 6.07) is 10.5. The van der Waals surface area contributed by atoms with Crippen LogP contribution in [0.25, 0.3) is 0 Å². The summed E-state index contributed by atoms with van der Waals surface area (Å²) >= 11 is 1.75. The lowest BCUT2D eigenvalue weighted by molar-refractivity contribution is 0.164. The fraction of sp³-hybridized carbons (Fsp3) is 0.500. The van der Waals surface area contributed by atoms with Crippen LogP contribution in [0.3, 0.4) is 0 Å². The summed E-state index contributed by atoms with van der Waals surface area (Å²) in [4.78, 5) is 14.2. The molecule has 2 aromatic rings. The van der Waals surface area contributed by atoms with E-state index in [0.717, 1.165) is 61.9 Å². The standard InChI is InChI=1S/C20H26N4OS/c1-2-4-17(5-3-1)16-26-20-13-21-12-19(22-20)24-9-7-23(8-10-24)14-18-6-11-25-15-18/h1-5,12-13,18H,6-11,14-16H2. The summed E-state index contributed by atoms with van der Waals surface area (Å²) < 4.78 is 5.50. The second kappa shape index (κ2) is 8.84. The second-order valence-corrected chi connectivity index (χ2v) is 8.00. The van der Waals surface area contributed by atoms with Crippen molar-refractivity contribution < 1.29 is 4.74 Å². The zero-order chi connectivity index (χ0) is 17.6. The summed E-state index contributed by atoms with van der Waals surface area (Å²) in [5, 5.41) is 0.997. The van der Waals surface area contributed by atoms with Crippen molar-refractivity contribution in [3.05, 3.63) is 48.3 Å². The molecule has 0 spiro atoms. The molecule has 0 aliphatic carbocycles. The molecular weight excluding hydrogens is 344 g/mol. The average Bonchev–Trinajstić information content (AvgIpc) is 3.21. The molecule has 2 aliphatic rings. The third-order valence-electron chi connectivity index (χ3n) is 5.07. The maximum Gasteiger partial charge on any atom is 0.148 e. The van der Waals surface area contributed by atoms with Crippen LogP contribution in [0.1, 0.15) is 12.0 Å². The van der Waals surface area contributed by atoms with Gasteiger partial charge in [-0.3, -0.25) is 9.88 Å². The first-order chi connectivity index (χ1) is 12.9. The third-order valence-corrected chi connectivity index (χ3v) is 6.04. The van der Waals surface area contributed by atoms with E-state index in [1.807, 2.05) is 18.5 Å². The molecule has 2 saturated heterocycles. The molecule has 5 nitrogen and oxygen atoms in total. The highest BCUT2D eigenvalue weighted by Crippen LogP contribution is 2.23. The Kier molecular flexibility index (Phi) is 6.04. The van der Waals surface area contributed by atoms with Crippen molar-refractivity contribution in [2.45, 2.75) is 17.2 Å². The van der Waals surface area contributed by atoms with Crippen molar-refractivity contribution >= 4 is 17.6 Å². The summed E-state index contributed by atoms with van der Waals surface area (Å²) in [5.74, 6) is 2.65. The predicted octanol–water partition coefficient (Wildman–Crippen LogP) is 2.93. The van der Waals surface area contributed by atoms with E-state index in [0.29, 0.717) is 0 Å². The van der Waals surface area contributed by atoms with E-state index in [2.05, 4.69) is 39.0 Å². The average molecular weight is 371 g/mol. The predicted molar refractivity (Wildman–Crippen MR) is 106 cm³/mol. The molecule has 0 bridgehead atoms. The highest BCUT2D eigenvalue weighted by molar-refractivity contribution is 7.98. The Morgan fingerprint density at radius 2 is 1.92 bits per heavy atom. The summed E-state index contributed by atoms with van der Waals surface area (Å²) in [6.45, 7) is 7.29. The van der Waals surface area contributed by atoms with Crippen LogP contribution in [-0.2, 0) is 10.5 Å². The highest BCUT2D eigenvalue weighted by Gasteiger charge is 2.23. The molecule has 26 heavy (non-hydrogen) atoms. The van der Waals surface area contributed by atoms with Gasteiger partial charge in [0, 0.05) is 45.1 Å². The number of ether oxygens (including phenoxy) is 1. The highest BCUT2D eigenvalue weighted by atomic mass is 32.2. The van der Waals surface area contributed by atoms with Gasteiger partial charge in [0.05, 0.1) is 19.0 Å². The summed E-state index contributed by atoms with van der Waals surface area (Å²) in [6.07, 6.45) is 4.98. The molecule has 3 heterocycles. The normalized spacial score (nSPS) is 21.2. The van der Waals surface area contributed by atoms with Crippen LogP contribution in [0.5, 0.6) is 0 Å². The van der Waals surface area contributed by atoms with Crippen molar-refractivity contribution in [1.82, 2.24) is 14.9 Å². The molecule has 1 aromatic carbocycles. The smallest absolute Gasteiger partial charge is 0.148 e. The van der Waals surface area contributed by atoms with Crippen molar-refractivity contribution in [2.24, 2.45) is 5.92 Å². The zero-order valence-electron chi connectivity index (χ0n) is 15.1. The van der Waals surface area contributed by atoms with E-state index in [-0.39, 0.29) is 0 Å². The van der Waals surface area contributed by atoms with Crippen molar-refractivity contribution in [1.29, 1.82) is 0 Å². The van der Waals surface area contributed by atoms with Gasteiger partial charge in [0.2, 0.25) is 0 Å². The largest absolute Gasteiger partial charge is 0.381 e. The van der Waals surface area contributed by atoms with Crippen LogP contribution >= 0.6 is 11.8 Å². The molecule has 1 aromatic heterocycles. The Morgan fingerprint density at radius 3 is 2.69 bits per heavy atom. The minimum atomic E-state index is 0.721. The van der Waals surface area contributed by atoms with Crippen LogP contribution in [0.4, 0.5) is 5.82 Å². The summed E-state index contributed by atoms with van der Waals surface area (Å²) in [5.41, 5.74) is 1.31. The first-order valence-corrected chi connectivity index (χ1v) is 10.4. The van der Waals surface area contributed by atoms with Gasteiger partial charge in [0.25, 0.3) is 0 Å². The number of hydrogen-bond donors (Lipinski definition) is 0. The molecule has 138 valence electrons. The monoisotopic (exact) mass is 370 g/mol. The van der Waals surface area contributed by atoms with Crippen LogP contribution in [-0.4, -0.2) is 60.8 Å². The van der Waals surface area contributed by atoms with Gasteiger partial charge in [0.15, 0.2) is 0 Å². The van der Waals surface area contributed by atoms with E-state index in [1.165, 1.54) is 18.5 Å². The van der Waals surface area contributed by atoms with E-state index in [4.69, 9.17) is 9.72 Å². The van der Waals surface area contributed by atoms with Crippen LogP contribution in [0.2, 0.25) is 0 Å². The number of anilines is 1. The zero-order valence-corrected chi connectivity index (χ0v) is 15.9. The number of benzene rings is 1. The van der Waals surface area contributed by atoms with Gasteiger partial charge in [-0.1, -0.05) is 30.3 Å². The summed E-state index contributed by atoms with van der Waals surface area (Å²) in [7, 11) is 0.